The summed E-state index contributed by atoms with van der Waals surface area (Å²) in [7, 11) is 0. The van der Waals surface area contributed by atoms with E-state index >= 15 is 0 Å². The number of nitrogens with one attached hydrogen (secondary N) is 1. The van der Waals surface area contributed by atoms with Gasteiger partial charge in [0.1, 0.15) is 0 Å². The zero-order chi connectivity index (χ0) is 14.1. The fourth-order valence-electron chi connectivity index (χ4n) is 1.82. The number of amides is 1. The Bertz CT molecular complexity index is 396. The predicted molar refractivity (Wildman–Crippen MR) is 76.3 cm³/mol. The number of carbonyl (C=O) groups is 1. The largest absolute Gasteiger partial charge is 0.396 e. The minimum absolute atomic E-state index is 0.0167. The maximum absolute atomic E-state index is 12.4. The molecule has 1 heterocycles. The summed E-state index contributed by atoms with van der Waals surface area (Å²) < 4.78 is 0. The molecule has 0 radical (unpaired) electrons. The van der Waals surface area contributed by atoms with Gasteiger partial charge in [0.15, 0.2) is 0 Å². The van der Waals surface area contributed by atoms with Crippen LogP contribution in [0.25, 0.3) is 0 Å². The van der Waals surface area contributed by atoms with Gasteiger partial charge in [-0.05, 0) is 25.8 Å². The molecule has 1 amide bonds. The number of carbonyl (C=O) groups excluding carboxylic acids is 1. The molecule has 0 bridgehead atoms. The summed E-state index contributed by atoms with van der Waals surface area (Å²) in [4.78, 5) is 18.2. The molecule has 0 aliphatic rings. The van der Waals surface area contributed by atoms with Crippen LogP contribution < -0.4 is 5.32 Å². The number of aliphatic hydroxyl groups is 1. The van der Waals surface area contributed by atoms with Crippen molar-refractivity contribution in [1.82, 2.24) is 9.88 Å². The van der Waals surface area contributed by atoms with Crippen molar-refractivity contribution in [2.24, 2.45) is 0 Å². The van der Waals surface area contributed by atoms with Crippen LogP contribution in [-0.4, -0.2) is 47.1 Å². The van der Waals surface area contributed by atoms with Crippen LogP contribution in [0.1, 0.15) is 37.0 Å². The van der Waals surface area contributed by atoms with Crippen molar-refractivity contribution >= 4 is 11.6 Å². The van der Waals surface area contributed by atoms with Crippen LogP contribution in [-0.2, 0) is 0 Å². The molecule has 106 valence electrons. The van der Waals surface area contributed by atoms with Crippen molar-refractivity contribution in [3.8, 4) is 0 Å². The van der Waals surface area contributed by atoms with Gasteiger partial charge in [-0.1, -0.05) is 6.92 Å². The summed E-state index contributed by atoms with van der Waals surface area (Å²) in [6.07, 6.45) is 4.90. The minimum atomic E-state index is -0.0167. The molecule has 0 saturated heterocycles. The van der Waals surface area contributed by atoms with Crippen molar-refractivity contribution in [1.29, 1.82) is 0 Å². The normalized spacial score (nSPS) is 10.3. The Balaban J connectivity index is 2.84. The van der Waals surface area contributed by atoms with Crippen LogP contribution in [0.5, 0.6) is 0 Å². The first-order valence-corrected chi connectivity index (χ1v) is 6.82. The van der Waals surface area contributed by atoms with Crippen LogP contribution >= 0.6 is 0 Å². The molecule has 0 aromatic carbocycles. The smallest absolute Gasteiger partial charge is 0.256 e. The first-order valence-electron chi connectivity index (χ1n) is 6.82. The maximum Gasteiger partial charge on any atom is 0.256 e. The van der Waals surface area contributed by atoms with Gasteiger partial charge in [0.2, 0.25) is 0 Å². The lowest BCUT2D eigenvalue weighted by Crippen LogP contribution is -2.32. The topological polar surface area (TPSA) is 65.5 Å². The molecule has 0 fully saturated rings. The summed E-state index contributed by atoms with van der Waals surface area (Å²) in [5.74, 6) is -0.0167. The molecule has 1 aromatic rings. The van der Waals surface area contributed by atoms with E-state index in [1.165, 1.54) is 0 Å². The van der Waals surface area contributed by atoms with E-state index in [4.69, 9.17) is 5.11 Å². The fraction of sp³-hybridized carbons (Fsp3) is 0.571. The highest BCUT2D eigenvalue weighted by Gasteiger charge is 2.17. The molecule has 2 N–H and O–H groups in total. The number of hydrogen-bond donors (Lipinski definition) is 2. The lowest BCUT2D eigenvalue weighted by Gasteiger charge is -2.22. The van der Waals surface area contributed by atoms with E-state index in [0.29, 0.717) is 25.1 Å². The Morgan fingerprint density at radius 3 is 2.89 bits per heavy atom. The molecule has 0 unspecified atom stereocenters. The number of anilines is 1. The van der Waals surface area contributed by atoms with Gasteiger partial charge in [-0.15, -0.1) is 0 Å². The Kier molecular flexibility index (Phi) is 6.89. The number of aliphatic hydroxyl groups excluding tert-OH is 1. The Labute approximate surface area is 114 Å². The molecule has 5 heteroatoms. The Hall–Kier alpha value is -1.62. The van der Waals surface area contributed by atoms with Crippen molar-refractivity contribution in [2.45, 2.75) is 26.7 Å². The molecule has 0 spiro atoms. The average Bonchev–Trinajstić information content (AvgIpc) is 2.46. The molecule has 19 heavy (non-hydrogen) atoms. The average molecular weight is 265 g/mol. The van der Waals surface area contributed by atoms with E-state index < -0.39 is 0 Å². The van der Waals surface area contributed by atoms with E-state index in [1.54, 1.807) is 23.4 Å². The highest BCUT2D eigenvalue weighted by atomic mass is 16.3. The Morgan fingerprint density at radius 1 is 1.47 bits per heavy atom. The van der Waals surface area contributed by atoms with Gasteiger partial charge >= 0.3 is 0 Å². The molecule has 1 aromatic heterocycles. The van der Waals surface area contributed by atoms with E-state index in [2.05, 4.69) is 17.2 Å². The lowest BCUT2D eigenvalue weighted by atomic mass is 10.2. The maximum atomic E-state index is 12.4. The third-order valence-corrected chi connectivity index (χ3v) is 2.87. The van der Waals surface area contributed by atoms with E-state index in [9.17, 15) is 4.79 Å². The van der Waals surface area contributed by atoms with Crippen molar-refractivity contribution in [2.75, 3.05) is 31.6 Å². The summed E-state index contributed by atoms with van der Waals surface area (Å²) in [6, 6.07) is 1.74. The number of nitrogens with zero attached hydrogens (tertiary/aromatic N) is 2. The molecule has 0 aliphatic heterocycles. The van der Waals surface area contributed by atoms with Gasteiger partial charge < -0.3 is 15.3 Å². The molecule has 5 nitrogen and oxygen atoms in total. The van der Waals surface area contributed by atoms with E-state index in [1.807, 2.05) is 6.92 Å². The standard InChI is InChI=1S/C14H23N3O2/c1-3-7-16-13-11-15-8-6-12(13)14(19)17(4-2)9-5-10-18/h6,8,11,16,18H,3-5,7,9-10H2,1-2H3. The third kappa shape index (κ3) is 4.52. The molecule has 0 atom stereocenters. The molecule has 1 rings (SSSR count). The summed E-state index contributed by atoms with van der Waals surface area (Å²) in [5, 5.41) is 12.1. The van der Waals surface area contributed by atoms with Crippen molar-refractivity contribution < 1.29 is 9.90 Å². The monoisotopic (exact) mass is 265 g/mol. The molecule has 0 saturated carbocycles. The zero-order valence-corrected chi connectivity index (χ0v) is 11.7. The van der Waals surface area contributed by atoms with Crippen LogP contribution in [0.15, 0.2) is 18.5 Å². The summed E-state index contributed by atoms with van der Waals surface area (Å²) in [6.45, 7) is 6.13. The van der Waals surface area contributed by atoms with Gasteiger partial charge in [-0.2, -0.15) is 0 Å². The van der Waals surface area contributed by atoms with Crippen molar-refractivity contribution in [3.05, 3.63) is 24.0 Å². The number of rotatable bonds is 8. The zero-order valence-electron chi connectivity index (χ0n) is 11.7. The lowest BCUT2D eigenvalue weighted by molar-refractivity contribution is 0.0755. The van der Waals surface area contributed by atoms with Gasteiger partial charge in [-0.3, -0.25) is 9.78 Å². The highest BCUT2D eigenvalue weighted by Crippen LogP contribution is 2.16. The first kappa shape index (κ1) is 15.4. The molecular formula is C14H23N3O2. The second kappa shape index (κ2) is 8.48. The number of pyridine rings is 1. The Morgan fingerprint density at radius 2 is 2.26 bits per heavy atom. The number of aromatic nitrogens is 1. The first-order chi connectivity index (χ1) is 9.24. The van der Waals surface area contributed by atoms with Crippen LogP contribution in [0.2, 0.25) is 0 Å². The van der Waals surface area contributed by atoms with Crippen LogP contribution in [0.4, 0.5) is 5.69 Å². The quantitative estimate of drug-likeness (QED) is 0.751. The SMILES string of the molecule is CCCNc1cnccc1C(=O)N(CC)CCCO. The summed E-state index contributed by atoms with van der Waals surface area (Å²) in [5.41, 5.74) is 1.42. The van der Waals surface area contributed by atoms with Crippen LogP contribution in [0.3, 0.4) is 0 Å². The third-order valence-electron chi connectivity index (χ3n) is 2.87. The number of hydrogen-bond acceptors (Lipinski definition) is 4. The second-order valence-electron chi connectivity index (χ2n) is 4.31. The second-order valence-corrected chi connectivity index (χ2v) is 4.31. The van der Waals surface area contributed by atoms with Crippen molar-refractivity contribution in [3.63, 3.8) is 0 Å². The highest BCUT2D eigenvalue weighted by molar-refractivity contribution is 5.99. The predicted octanol–water partition coefficient (Wildman–Crippen LogP) is 1.75. The van der Waals surface area contributed by atoms with E-state index in [0.717, 1.165) is 18.7 Å². The fourth-order valence-corrected chi connectivity index (χ4v) is 1.82. The van der Waals surface area contributed by atoms with Gasteiger partial charge in [0.05, 0.1) is 17.4 Å². The van der Waals surface area contributed by atoms with Gasteiger partial charge in [0.25, 0.3) is 5.91 Å². The summed E-state index contributed by atoms with van der Waals surface area (Å²) >= 11 is 0. The molecular weight excluding hydrogens is 242 g/mol. The minimum Gasteiger partial charge on any atom is -0.396 e. The van der Waals surface area contributed by atoms with Gasteiger partial charge in [-0.25, -0.2) is 0 Å². The molecule has 0 aliphatic carbocycles. The van der Waals surface area contributed by atoms with Gasteiger partial charge in [0, 0.05) is 32.4 Å². The van der Waals surface area contributed by atoms with E-state index in [-0.39, 0.29) is 12.5 Å². The van der Waals surface area contributed by atoms with Crippen LogP contribution in [0, 0.1) is 0 Å².